The molecular formula is C15H28N2O3. The maximum atomic E-state index is 12.2. The van der Waals surface area contributed by atoms with Crippen LogP contribution < -0.4 is 5.32 Å². The Labute approximate surface area is 121 Å². The Morgan fingerprint density at radius 2 is 1.90 bits per heavy atom. The second-order valence-corrected chi connectivity index (χ2v) is 6.31. The fraction of sp³-hybridized carbons (Fsp3) is 0.867. The Hall–Kier alpha value is -1.26. The topological polar surface area (TPSA) is 69.6 Å². The second kappa shape index (κ2) is 7.50. The molecule has 0 aliphatic heterocycles. The molecule has 0 heterocycles. The molecule has 0 saturated heterocycles. The van der Waals surface area contributed by atoms with Gasteiger partial charge >= 0.3 is 12.0 Å². The highest BCUT2D eigenvalue weighted by Gasteiger charge is 2.29. The number of carboxylic acids is 1. The molecule has 1 aliphatic carbocycles. The number of nitrogens with one attached hydrogen (secondary N) is 1. The molecule has 5 heteroatoms. The zero-order chi connectivity index (χ0) is 15.2. The van der Waals surface area contributed by atoms with Gasteiger partial charge in [0.25, 0.3) is 0 Å². The summed E-state index contributed by atoms with van der Waals surface area (Å²) < 4.78 is 0. The van der Waals surface area contributed by atoms with Crippen LogP contribution in [0.3, 0.4) is 0 Å². The first-order chi connectivity index (χ1) is 9.38. The molecule has 0 spiro atoms. The third-order valence-corrected chi connectivity index (χ3v) is 4.42. The summed E-state index contributed by atoms with van der Waals surface area (Å²) in [6.07, 6.45) is 6.73. The average Bonchev–Trinajstić information content (AvgIpc) is 2.42. The van der Waals surface area contributed by atoms with Crippen molar-refractivity contribution in [1.82, 2.24) is 10.2 Å². The Morgan fingerprint density at radius 3 is 2.40 bits per heavy atom. The second-order valence-electron chi connectivity index (χ2n) is 6.31. The Morgan fingerprint density at radius 1 is 1.30 bits per heavy atom. The lowest BCUT2D eigenvalue weighted by atomic mass is 9.76. The lowest BCUT2D eigenvalue weighted by Crippen LogP contribution is -2.49. The predicted molar refractivity (Wildman–Crippen MR) is 78.7 cm³/mol. The number of carbonyl (C=O) groups is 2. The van der Waals surface area contributed by atoms with Crippen molar-refractivity contribution in [2.75, 3.05) is 13.1 Å². The largest absolute Gasteiger partial charge is 0.480 e. The van der Waals surface area contributed by atoms with Gasteiger partial charge in [-0.15, -0.1) is 0 Å². The van der Waals surface area contributed by atoms with Gasteiger partial charge in [-0.2, -0.15) is 0 Å². The Balaban J connectivity index is 2.54. The molecule has 1 atom stereocenters. The van der Waals surface area contributed by atoms with Crippen LogP contribution in [-0.4, -0.2) is 41.1 Å². The van der Waals surface area contributed by atoms with Crippen LogP contribution in [0.2, 0.25) is 0 Å². The van der Waals surface area contributed by atoms with Crippen molar-refractivity contribution in [2.45, 2.75) is 65.3 Å². The third-order valence-electron chi connectivity index (χ3n) is 4.42. The summed E-state index contributed by atoms with van der Waals surface area (Å²) in [5, 5.41) is 11.9. The SMILES string of the molecule is CCC(C)N(CC(=O)O)C(=O)NCC1(C)CCCCC1. The van der Waals surface area contributed by atoms with Crippen LogP contribution in [0.4, 0.5) is 4.79 Å². The van der Waals surface area contributed by atoms with Gasteiger partial charge in [-0.05, 0) is 31.6 Å². The quantitative estimate of drug-likeness (QED) is 0.788. The van der Waals surface area contributed by atoms with Crippen molar-refractivity contribution < 1.29 is 14.7 Å². The molecule has 20 heavy (non-hydrogen) atoms. The lowest BCUT2D eigenvalue weighted by molar-refractivity contribution is -0.138. The molecule has 1 saturated carbocycles. The first-order valence-electron chi connectivity index (χ1n) is 7.64. The van der Waals surface area contributed by atoms with E-state index < -0.39 is 5.97 Å². The van der Waals surface area contributed by atoms with Crippen LogP contribution in [0.1, 0.15) is 59.3 Å². The molecule has 0 aromatic rings. The van der Waals surface area contributed by atoms with E-state index in [1.807, 2.05) is 13.8 Å². The van der Waals surface area contributed by atoms with E-state index >= 15 is 0 Å². The Kier molecular flexibility index (Phi) is 6.30. The number of aliphatic carboxylic acids is 1. The van der Waals surface area contributed by atoms with Gasteiger partial charge in [0.15, 0.2) is 0 Å². The van der Waals surface area contributed by atoms with Crippen molar-refractivity contribution >= 4 is 12.0 Å². The zero-order valence-corrected chi connectivity index (χ0v) is 12.9. The molecule has 116 valence electrons. The van der Waals surface area contributed by atoms with E-state index in [4.69, 9.17) is 5.11 Å². The van der Waals surface area contributed by atoms with Gasteiger partial charge in [0.05, 0.1) is 0 Å². The van der Waals surface area contributed by atoms with E-state index in [0.717, 1.165) is 19.3 Å². The van der Waals surface area contributed by atoms with E-state index in [-0.39, 0.29) is 24.0 Å². The highest BCUT2D eigenvalue weighted by Crippen LogP contribution is 2.34. The maximum absolute atomic E-state index is 12.2. The Bertz CT molecular complexity index is 338. The smallest absolute Gasteiger partial charge is 0.323 e. The van der Waals surface area contributed by atoms with E-state index in [1.165, 1.54) is 24.2 Å². The highest BCUT2D eigenvalue weighted by molar-refractivity contribution is 5.80. The summed E-state index contributed by atoms with van der Waals surface area (Å²) in [5.41, 5.74) is 0.165. The van der Waals surface area contributed by atoms with Crippen molar-refractivity contribution in [3.8, 4) is 0 Å². The molecule has 0 aromatic carbocycles. The summed E-state index contributed by atoms with van der Waals surface area (Å²) in [5.74, 6) is -0.968. The number of hydrogen-bond donors (Lipinski definition) is 2. The number of amides is 2. The molecule has 1 rings (SSSR count). The van der Waals surface area contributed by atoms with Gasteiger partial charge < -0.3 is 15.3 Å². The van der Waals surface area contributed by atoms with Crippen LogP contribution in [0.15, 0.2) is 0 Å². The van der Waals surface area contributed by atoms with E-state index in [0.29, 0.717) is 6.54 Å². The van der Waals surface area contributed by atoms with Gasteiger partial charge in [0, 0.05) is 12.6 Å². The number of carboxylic acid groups (broad SMARTS) is 1. The zero-order valence-electron chi connectivity index (χ0n) is 12.9. The number of nitrogens with zero attached hydrogens (tertiary/aromatic N) is 1. The molecule has 1 fully saturated rings. The monoisotopic (exact) mass is 284 g/mol. The van der Waals surface area contributed by atoms with Gasteiger partial charge in [0.2, 0.25) is 0 Å². The maximum Gasteiger partial charge on any atom is 0.323 e. The fourth-order valence-electron chi connectivity index (χ4n) is 2.77. The first kappa shape index (κ1) is 16.8. The van der Waals surface area contributed by atoms with Crippen molar-refractivity contribution in [3.05, 3.63) is 0 Å². The van der Waals surface area contributed by atoms with Gasteiger partial charge in [-0.1, -0.05) is 33.1 Å². The van der Waals surface area contributed by atoms with Gasteiger partial charge in [0.1, 0.15) is 6.54 Å². The standard InChI is InChI=1S/C15H28N2O3/c1-4-12(2)17(10-13(18)19)14(20)16-11-15(3)8-6-5-7-9-15/h12H,4-11H2,1-3H3,(H,16,20)(H,18,19). The van der Waals surface area contributed by atoms with Crippen LogP contribution in [0.25, 0.3) is 0 Å². The van der Waals surface area contributed by atoms with Crippen LogP contribution >= 0.6 is 0 Å². The van der Waals surface area contributed by atoms with Crippen LogP contribution in [0.5, 0.6) is 0 Å². The number of hydrogen-bond acceptors (Lipinski definition) is 2. The minimum Gasteiger partial charge on any atom is -0.480 e. The molecule has 2 amide bonds. The minimum atomic E-state index is -0.968. The molecular weight excluding hydrogens is 256 g/mol. The molecule has 1 aliphatic rings. The van der Waals surface area contributed by atoms with Crippen molar-refractivity contribution in [1.29, 1.82) is 0 Å². The molecule has 0 radical (unpaired) electrons. The van der Waals surface area contributed by atoms with Gasteiger partial charge in [-0.3, -0.25) is 4.79 Å². The van der Waals surface area contributed by atoms with E-state index in [9.17, 15) is 9.59 Å². The highest BCUT2D eigenvalue weighted by atomic mass is 16.4. The summed E-state index contributed by atoms with van der Waals surface area (Å²) in [6, 6.07) is -0.321. The third kappa shape index (κ3) is 5.02. The summed E-state index contributed by atoms with van der Waals surface area (Å²) >= 11 is 0. The number of urea groups is 1. The predicted octanol–water partition coefficient (Wildman–Crippen LogP) is 2.85. The summed E-state index contributed by atoms with van der Waals surface area (Å²) in [6.45, 7) is 6.44. The summed E-state index contributed by atoms with van der Waals surface area (Å²) in [4.78, 5) is 24.5. The number of carbonyl (C=O) groups excluding carboxylic acids is 1. The van der Waals surface area contributed by atoms with Gasteiger partial charge in [-0.25, -0.2) is 4.79 Å². The minimum absolute atomic E-state index is 0.0646. The molecule has 1 unspecified atom stereocenters. The average molecular weight is 284 g/mol. The van der Waals surface area contributed by atoms with E-state index in [2.05, 4.69) is 12.2 Å². The van der Waals surface area contributed by atoms with E-state index in [1.54, 1.807) is 0 Å². The summed E-state index contributed by atoms with van der Waals surface area (Å²) in [7, 11) is 0. The molecule has 0 bridgehead atoms. The van der Waals surface area contributed by atoms with Crippen LogP contribution in [0, 0.1) is 5.41 Å². The fourth-order valence-corrected chi connectivity index (χ4v) is 2.77. The first-order valence-corrected chi connectivity index (χ1v) is 7.64. The molecule has 0 aromatic heterocycles. The lowest BCUT2D eigenvalue weighted by Gasteiger charge is -2.35. The normalized spacial score (nSPS) is 19.1. The van der Waals surface area contributed by atoms with Crippen molar-refractivity contribution in [3.63, 3.8) is 0 Å². The van der Waals surface area contributed by atoms with Crippen LogP contribution in [-0.2, 0) is 4.79 Å². The van der Waals surface area contributed by atoms with Crippen molar-refractivity contribution in [2.24, 2.45) is 5.41 Å². The number of rotatable bonds is 6. The molecule has 2 N–H and O–H groups in total. The molecule has 5 nitrogen and oxygen atoms in total.